The van der Waals surface area contributed by atoms with Crippen LogP contribution in [0.1, 0.15) is 26.7 Å². The normalized spacial score (nSPS) is 14.2. The lowest BCUT2D eigenvalue weighted by Crippen LogP contribution is -2.46. The SMILES string of the molecule is CCCNC(C)(CO)CCSc1ccc2ccccc2c1. The molecule has 114 valence electrons. The van der Waals surface area contributed by atoms with E-state index in [2.05, 4.69) is 61.6 Å². The third-order valence-electron chi connectivity index (χ3n) is 3.79. The van der Waals surface area contributed by atoms with Crippen molar-refractivity contribution in [3.63, 3.8) is 0 Å². The minimum Gasteiger partial charge on any atom is -0.394 e. The molecule has 0 amide bonds. The second kappa shape index (κ2) is 7.83. The Labute approximate surface area is 131 Å². The highest BCUT2D eigenvalue weighted by Crippen LogP contribution is 2.25. The van der Waals surface area contributed by atoms with Crippen LogP contribution in [0, 0.1) is 0 Å². The molecular weight excluding hydrogens is 278 g/mol. The summed E-state index contributed by atoms with van der Waals surface area (Å²) in [6, 6.07) is 15.0. The Kier molecular flexibility index (Phi) is 6.09. The maximum atomic E-state index is 9.58. The molecule has 21 heavy (non-hydrogen) atoms. The molecule has 0 aliphatic carbocycles. The Bertz CT molecular complexity index is 572. The minimum atomic E-state index is -0.167. The average Bonchev–Trinajstić information content (AvgIpc) is 2.53. The summed E-state index contributed by atoms with van der Waals surface area (Å²) < 4.78 is 0. The van der Waals surface area contributed by atoms with E-state index >= 15 is 0 Å². The molecule has 2 aromatic rings. The van der Waals surface area contributed by atoms with Crippen molar-refractivity contribution in [2.75, 3.05) is 18.9 Å². The fraction of sp³-hybridized carbons (Fsp3) is 0.444. The van der Waals surface area contributed by atoms with Crippen LogP contribution in [0.4, 0.5) is 0 Å². The summed E-state index contributed by atoms with van der Waals surface area (Å²) in [5, 5.41) is 15.6. The van der Waals surface area contributed by atoms with Crippen LogP contribution in [0.15, 0.2) is 47.4 Å². The van der Waals surface area contributed by atoms with Crippen molar-refractivity contribution < 1.29 is 5.11 Å². The van der Waals surface area contributed by atoms with E-state index in [1.54, 1.807) is 0 Å². The van der Waals surface area contributed by atoms with Gasteiger partial charge in [-0.25, -0.2) is 0 Å². The summed E-state index contributed by atoms with van der Waals surface area (Å²) in [5.41, 5.74) is -0.167. The molecule has 0 radical (unpaired) electrons. The van der Waals surface area contributed by atoms with Gasteiger partial charge in [0, 0.05) is 10.4 Å². The fourth-order valence-electron chi connectivity index (χ4n) is 2.30. The molecule has 0 spiro atoms. The van der Waals surface area contributed by atoms with Crippen LogP contribution in [0.25, 0.3) is 10.8 Å². The fourth-order valence-corrected chi connectivity index (χ4v) is 3.46. The number of fused-ring (bicyclic) bond motifs is 1. The van der Waals surface area contributed by atoms with Crippen LogP contribution >= 0.6 is 11.8 Å². The van der Waals surface area contributed by atoms with Crippen LogP contribution in [-0.4, -0.2) is 29.5 Å². The van der Waals surface area contributed by atoms with Gasteiger partial charge in [0.2, 0.25) is 0 Å². The molecule has 0 bridgehead atoms. The summed E-state index contributed by atoms with van der Waals surface area (Å²) in [4.78, 5) is 1.30. The van der Waals surface area contributed by atoms with Crippen molar-refractivity contribution in [1.82, 2.24) is 5.32 Å². The molecule has 2 rings (SSSR count). The molecule has 0 saturated heterocycles. The van der Waals surface area contributed by atoms with E-state index < -0.39 is 0 Å². The van der Waals surface area contributed by atoms with E-state index in [4.69, 9.17) is 0 Å². The molecular formula is C18H25NOS. The molecule has 0 aliphatic heterocycles. The zero-order valence-electron chi connectivity index (χ0n) is 12.9. The Hall–Kier alpha value is -1.03. The topological polar surface area (TPSA) is 32.3 Å². The number of hydrogen-bond donors (Lipinski definition) is 2. The van der Waals surface area contributed by atoms with Gasteiger partial charge in [0.1, 0.15) is 0 Å². The molecule has 1 unspecified atom stereocenters. The van der Waals surface area contributed by atoms with Crippen LogP contribution in [0.5, 0.6) is 0 Å². The van der Waals surface area contributed by atoms with Gasteiger partial charge in [-0.2, -0.15) is 0 Å². The molecule has 2 N–H and O–H groups in total. The minimum absolute atomic E-state index is 0.167. The number of rotatable bonds is 8. The van der Waals surface area contributed by atoms with Crippen molar-refractivity contribution in [3.8, 4) is 0 Å². The molecule has 2 nitrogen and oxygen atoms in total. The van der Waals surface area contributed by atoms with Crippen molar-refractivity contribution in [3.05, 3.63) is 42.5 Å². The maximum absolute atomic E-state index is 9.58. The summed E-state index contributed by atoms with van der Waals surface area (Å²) >= 11 is 1.86. The Morgan fingerprint density at radius 2 is 1.90 bits per heavy atom. The highest BCUT2D eigenvalue weighted by molar-refractivity contribution is 7.99. The zero-order chi connectivity index (χ0) is 15.1. The summed E-state index contributed by atoms with van der Waals surface area (Å²) in [6.45, 7) is 5.39. The third-order valence-corrected chi connectivity index (χ3v) is 4.79. The smallest absolute Gasteiger partial charge is 0.0610 e. The lowest BCUT2D eigenvalue weighted by atomic mass is 10.0. The van der Waals surface area contributed by atoms with Gasteiger partial charge in [0.15, 0.2) is 0 Å². The van der Waals surface area contributed by atoms with E-state index in [0.29, 0.717) is 0 Å². The van der Waals surface area contributed by atoms with E-state index in [9.17, 15) is 5.11 Å². The van der Waals surface area contributed by atoms with E-state index in [0.717, 1.165) is 25.1 Å². The highest BCUT2D eigenvalue weighted by Gasteiger charge is 2.21. The van der Waals surface area contributed by atoms with Gasteiger partial charge < -0.3 is 10.4 Å². The van der Waals surface area contributed by atoms with Crippen molar-refractivity contribution >= 4 is 22.5 Å². The average molecular weight is 303 g/mol. The number of thioether (sulfide) groups is 1. The lowest BCUT2D eigenvalue weighted by molar-refractivity contribution is 0.171. The number of hydrogen-bond acceptors (Lipinski definition) is 3. The van der Waals surface area contributed by atoms with Gasteiger partial charge in [0.05, 0.1) is 6.61 Å². The molecule has 3 heteroatoms. The van der Waals surface area contributed by atoms with Crippen LogP contribution in [0.3, 0.4) is 0 Å². The van der Waals surface area contributed by atoms with Gasteiger partial charge in [-0.3, -0.25) is 0 Å². The van der Waals surface area contributed by atoms with E-state index in [-0.39, 0.29) is 12.1 Å². The standard InChI is InChI=1S/C18H25NOS/c1-3-11-19-18(2,14-20)10-12-21-17-9-8-15-6-4-5-7-16(15)13-17/h4-9,13,19-20H,3,10-12,14H2,1-2H3. The lowest BCUT2D eigenvalue weighted by Gasteiger charge is -2.28. The molecule has 0 aliphatic rings. The number of benzene rings is 2. The molecule has 0 fully saturated rings. The molecule has 0 aromatic heterocycles. The van der Waals surface area contributed by atoms with Crippen molar-refractivity contribution in [1.29, 1.82) is 0 Å². The van der Waals surface area contributed by atoms with Crippen molar-refractivity contribution in [2.45, 2.75) is 37.1 Å². The summed E-state index contributed by atoms with van der Waals surface area (Å²) in [7, 11) is 0. The largest absolute Gasteiger partial charge is 0.394 e. The van der Waals surface area contributed by atoms with E-state index in [1.165, 1.54) is 15.7 Å². The molecule has 1 atom stereocenters. The number of aliphatic hydroxyl groups excluding tert-OH is 1. The Morgan fingerprint density at radius 1 is 1.14 bits per heavy atom. The zero-order valence-corrected chi connectivity index (χ0v) is 13.7. The van der Waals surface area contributed by atoms with Gasteiger partial charge in [-0.05, 0) is 55.0 Å². The highest BCUT2D eigenvalue weighted by atomic mass is 32.2. The van der Waals surface area contributed by atoms with Crippen LogP contribution in [-0.2, 0) is 0 Å². The predicted octanol–water partition coefficient (Wildman–Crippen LogP) is 4.07. The first kappa shape index (κ1) is 16.3. The van der Waals surface area contributed by atoms with Gasteiger partial charge in [-0.1, -0.05) is 37.3 Å². The number of aliphatic hydroxyl groups is 1. The van der Waals surface area contributed by atoms with Crippen LogP contribution in [0.2, 0.25) is 0 Å². The summed E-state index contributed by atoms with van der Waals surface area (Å²) in [6.07, 6.45) is 2.05. The van der Waals surface area contributed by atoms with Gasteiger partial charge in [-0.15, -0.1) is 11.8 Å². The summed E-state index contributed by atoms with van der Waals surface area (Å²) in [5.74, 6) is 1.01. The second-order valence-corrected chi connectivity index (χ2v) is 6.92. The first-order chi connectivity index (χ1) is 10.2. The second-order valence-electron chi connectivity index (χ2n) is 5.75. The van der Waals surface area contributed by atoms with Gasteiger partial charge >= 0.3 is 0 Å². The van der Waals surface area contributed by atoms with Crippen LogP contribution < -0.4 is 5.32 Å². The van der Waals surface area contributed by atoms with E-state index in [1.807, 2.05) is 11.8 Å². The Balaban J connectivity index is 1.92. The quantitative estimate of drug-likeness (QED) is 0.721. The molecule has 0 heterocycles. The molecule has 0 saturated carbocycles. The Morgan fingerprint density at radius 3 is 2.62 bits per heavy atom. The monoisotopic (exact) mass is 303 g/mol. The maximum Gasteiger partial charge on any atom is 0.0610 e. The third kappa shape index (κ3) is 4.73. The molecule has 2 aromatic carbocycles. The first-order valence-corrected chi connectivity index (χ1v) is 8.63. The first-order valence-electron chi connectivity index (χ1n) is 7.64. The number of nitrogens with one attached hydrogen (secondary N) is 1. The predicted molar refractivity (Wildman–Crippen MR) is 93.1 cm³/mol. The van der Waals surface area contributed by atoms with Gasteiger partial charge in [0.25, 0.3) is 0 Å². The van der Waals surface area contributed by atoms with Crippen molar-refractivity contribution in [2.24, 2.45) is 0 Å².